The standard InChI is InChI=1S/C21H29N3OS/c25-21(14-20(18-8-13-26-16-18)24-10-3-4-11-24)22-15-17-6-5-12-23-9-2-1-7-19(17)23/h3-4,8,10-11,13,16-17,19-20H,1-2,5-7,9,12,14-15H2,(H,22,25)/t17-,19+,20+/m0/s1. The Morgan fingerprint density at radius 3 is 2.85 bits per heavy atom. The van der Waals surface area contributed by atoms with E-state index in [1.54, 1.807) is 11.3 Å². The van der Waals surface area contributed by atoms with Crippen LogP contribution < -0.4 is 5.32 Å². The van der Waals surface area contributed by atoms with Crippen LogP contribution in [0.4, 0.5) is 0 Å². The molecule has 4 rings (SSSR count). The van der Waals surface area contributed by atoms with Gasteiger partial charge in [-0.1, -0.05) is 6.42 Å². The lowest BCUT2D eigenvalue weighted by Crippen LogP contribution is -2.51. The molecule has 2 aliphatic heterocycles. The zero-order valence-electron chi connectivity index (χ0n) is 15.3. The first-order valence-corrected chi connectivity index (χ1v) is 10.9. The van der Waals surface area contributed by atoms with Gasteiger partial charge in [0.05, 0.1) is 12.5 Å². The quantitative estimate of drug-likeness (QED) is 0.836. The van der Waals surface area contributed by atoms with E-state index in [-0.39, 0.29) is 11.9 Å². The minimum Gasteiger partial charge on any atom is -0.356 e. The van der Waals surface area contributed by atoms with E-state index in [9.17, 15) is 4.79 Å². The first-order valence-electron chi connectivity index (χ1n) is 9.96. The number of thiophene rings is 1. The highest BCUT2D eigenvalue weighted by Crippen LogP contribution is 2.30. The molecule has 140 valence electrons. The molecular formula is C21H29N3OS. The minimum absolute atomic E-state index is 0.0915. The second kappa shape index (κ2) is 8.40. The van der Waals surface area contributed by atoms with Crippen LogP contribution in [0.3, 0.4) is 0 Å². The highest BCUT2D eigenvalue weighted by Gasteiger charge is 2.33. The Kier molecular flexibility index (Phi) is 5.75. The fourth-order valence-corrected chi connectivity index (χ4v) is 5.43. The third kappa shape index (κ3) is 4.04. The van der Waals surface area contributed by atoms with Crippen molar-refractivity contribution in [3.8, 4) is 0 Å². The summed E-state index contributed by atoms with van der Waals surface area (Å²) < 4.78 is 2.14. The molecule has 4 heterocycles. The van der Waals surface area contributed by atoms with Gasteiger partial charge in [0, 0.05) is 25.0 Å². The van der Waals surface area contributed by atoms with Gasteiger partial charge < -0.3 is 14.8 Å². The molecule has 2 aromatic rings. The summed E-state index contributed by atoms with van der Waals surface area (Å²) in [5.41, 5.74) is 1.22. The summed E-state index contributed by atoms with van der Waals surface area (Å²) in [6, 6.07) is 6.96. The Morgan fingerprint density at radius 1 is 1.19 bits per heavy atom. The van der Waals surface area contributed by atoms with Crippen molar-refractivity contribution in [3.05, 3.63) is 46.9 Å². The molecule has 3 atom stereocenters. The van der Waals surface area contributed by atoms with E-state index in [2.05, 4.69) is 44.0 Å². The van der Waals surface area contributed by atoms with E-state index in [0.717, 1.165) is 6.54 Å². The van der Waals surface area contributed by atoms with Crippen LogP contribution in [0.25, 0.3) is 0 Å². The predicted octanol–water partition coefficient (Wildman–Crippen LogP) is 3.91. The van der Waals surface area contributed by atoms with E-state index < -0.39 is 0 Å². The molecular weight excluding hydrogens is 342 g/mol. The van der Waals surface area contributed by atoms with Gasteiger partial charge >= 0.3 is 0 Å². The van der Waals surface area contributed by atoms with Gasteiger partial charge in [0.2, 0.25) is 5.91 Å². The molecule has 2 saturated heterocycles. The largest absolute Gasteiger partial charge is 0.356 e. The number of rotatable bonds is 6. The Hall–Kier alpha value is -1.59. The molecule has 1 N–H and O–H groups in total. The SMILES string of the molecule is O=C(C[C@H](c1ccsc1)n1cccc1)NC[C@@H]1CCCN2CCCC[C@H]12. The molecule has 4 nitrogen and oxygen atoms in total. The van der Waals surface area contributed by atoms with Crippen LogP contribution in [0.5, 0.6) is 0 Å². The Labute approximate surface area is 160 Å². The summed E-state index contributed by atoms with van der Waals surface area (Å²) >= 11 is 1.69. The number of amides is 1. The van der Waals surface area contributed by atoms with Crippen LogP contribution in [0.15, 0.2) is 41.4 Å². The first kappa shape index (κ1) is 17.8. The minimum atomic E-state index is 0.0915. The monoisotopic (exact) mass is 371 g/mol. The molecule has 0 saturated carbocycles. The molecule has 2 fully saturated rings. The summed E-state index contributed by atoms with van der Waals surface area (Å²) in [5.74, 6) is 0.794. The molecule has 5 heteroatoms. The lowest BCUT2D eigenvalue weighted by atomic mass is 9.83. The van der Waals surface area contributed by atoms with Gasteiger partial charge in [-0.25, -0.2) is 0 Å². The number of hydrogen-bond donors (Lipinski definition) is 1. The topological polar surface area (TPSA) is 37.3 Å². The smallest absolute Gasteiger partial charge is 0.222 e. The van der Waals surface area contributed by atoms with Crippen molar-refractivity contribution < 1.29 is 4.79 Å². The van der Waals surface area contributed by atoms with Crippen molar-refractivity contribution in [1.82, 2.24) is 14.8 Å². The van der Waals surface area contributed by atoms with Gasteiger partial charge in [0.25, 0.3) is 0 Å². The molecule has 2 aromatic heterocycles. The number of carbonyl (C=O) groups is 1. The van der Waals surface area contributed by atoms with Gasteiger partial charge in [-0.05, 0) is 79.2 Å². The third-order valence-corrected chi connectivity index (χ3v) is 6.79. The molecule has 0 unspecified atom stereocenters. The fourth-order valence-electron chi connectivity index (χ4n) is 4.72. The summed E-state index contributed by atoms with van der Waals surface area (Å²) in [5, 5.41) is 7.50. The van der Waals surface area contributed by atoms with Crippen molar-refractivity contribution >= 4 is 17.2 Å². The summed E-state index contributed by atoms with van der Waals surface area (Å²) in [6.45, 7) is 3.34. The normalized spacial score (nSPS) is 24.8. The van der Waals surface area contributed by atoms with Gasteiger partial charge in [0.15, 0.2) is 0 Å². The number of aromatic nitrogens is 1. The first-order chi connectivity index (χ1) is 12.8. The predicted molar refractivity (Wildman–Crippen MR) is 106 cm³/mol. The number of fused-ring (bicyclic) bond motifs is 1. The zero-order chi connectivity index (χ0) is 17.8. The number of nitrogens with zero attached hydrogens (tertiary/aromatic N) is 2. The van der Waals surface area contributed by atoms with Crippen LogP contribution >= 0.6 is 11.3 Å². The molecule has 0 spiro atoms. The van der Waals surface area contributed by atoms with Crippen molar-refractivity contribution in [3.63, 3.8) is 0 Å². The maximum absolute atomic E-state index is 12.7. The summed E-state index contributed by atoms with van der Waals surface area (Å²) in [6.07, 6.45) is 11.1. The van der Waals surface area contributed by atoms with Crippen molar-refractivity contribution in [1.29, 1.82) is 0 Å². The zero-order valence-corrected chi connectivity index (χ0v) is 16.2. The Morgan fingerprint density at radius 2 is 2.04 bits per heavy atom. The highest BCUT2D eigenvalue weighted by atomic mass is 32.1. The number of piperidine rings is 2. The van der Waals surface area contributed by atoms with Crippen LogP contribution in [0.2, 0.25) is 0 Å². The van der Waals surface area contributed by atoms with Gasteiger partial charge in [0.1, 0.15) is 0 Å². The van der Waals surface area contributed by atoms with E-state index >= 15 is 0 Å². The molecule has 0 radical (unpaired) electrons. The molecule has 0 aliphatic carbocycles. The van der Waals surface area contributed by atoms with Crippen molar-refractivity contribution in [2.24, 2.45) is 5.92 Å². The lowest BCUT2D eigenvalue weighted by Gasteiger charge is -2.44. The van der Waals surface area contributed by atoms with E-state index in [0.29, 0.717) is 18.4 Å². The Balaban J connectivity index is 1.35. The van der Waals surface area contributed by atoms with Crippen LogP contribution in [0.1, 0.15) is 50.1 Å². The van der Waals surface area contributed by atoms with Gasteiger partial charge in [-0.3, -0.25) is 4.79 Å². The lowest BCUT2D eigenvalue weighted by molar-refractivity contribution is -0.122. The van der Waals surface area contributed by atoms with Crippen LogP contribution in [-0.4, -0.2) is 41.1 Å². The molecule has 0 aromatic carbocycles. The maximum atomic E-state index is 12.7. The third-order valence-electron chi connectivity index (χ3n) is 6.08. The maximum Gasteiger partial charge on any atom is 0.222 e. The van der Waals surface area contributed by atoms with Crippen molar-refractivity contribution in [2.45, 2.75) is 50.6 Å². The highest BCUT2D eigenvalue weighted by molar-refractivity contribution is 7.08. The fraction of sp³-hybridized carbons (Fsp3) is 0.571. The molecule has 26 heavy (non-hydrogen) atoms. The van der Waals surface area contributed by atoms with E-state index in [1.807, 2.05) is 12.1 Å². The van der Waals surface area contributed by atoms with Crippen LogP contribution in [-0.2, 0) is 4.79 Å². The second-order valence-electron chi connectivity index (χ2n) is 7.71. The number of carbonyl (C=O) groups excluding carboxylic acids is 1. The second-order valence-corrected chi connectivity index (χ2v) is 8.49. The molecule has 0 bridgehead atoms. The number of nitrogens with one attached hydrogen (secondary N) is 1. The summed E-state index contributed by atoms with van der Waals surface area (Å²) in [7, 11) is 0. The number of hydrogen-bond acceptors (Lipinski definition) is 3. The average Bonchev–Trinajstić information content (AvgIpc) is 3.38. The molecule has 2 aliphatic rings. The summed E-state index contributed by atoms with van der Waals surface area (Å²) in [4.78, 5) is 15.4. The average molecular weight is 372 g/mol. The molecule has 1 amide bonds. The van der Waals surface area contributed by atoms with Gasteiger partial charge in [-0.2, -0.15) is 11.3 Å². The van der Waals surface area contributed by atoms with Gasteiger partial charge in [-0.15, -0.1) is 0 Å². The van der Waals surface area contributed by atoms with Crippen LogP contribution in [0, 0.1) is 5.92 Å². The van der Waals surface area contributed by atoms with E-state index in [1.165, 1.54) is 50.8 Å². The van der Waals surface area contributed by atoms with E-state index in [4.69, 9.17) is 0 Å². The Bertz CT molecular complexity index is 646. The van der Waals surface area contributed by atoms with Crippen molar-refractivity contribution in [2.75, 3.05) is 19.6 Å².